The van der Waals surface area contributed by atoms with Crippen LogP contribution in [0.5, 0.6) is 0 Å². The number of rotatable bonds is 2. The number of aromatic nitrogens is 3. The molecule has 0 unspecified atom stereocenters. The molecule has 0 spiro atoms. The third-order valence-electron chi connectivity index (χ3n) is 2.25. The fraction of sp³-hybridized carbons (Fsp3) is 0.750. The van der Waals surface area contributed by atoms with Gasteiger partial charge >= 0.3 is 0 Å². The van der Waals surface area contributed by atoms with Crippen LogP contribution in [-0.4, -0.2) is 31.6 Å². The van der Waals surface area contributed by atoms with Crippen molar-refractivity contribution in [3.05, 3.63) is 5.82 Å². The largest absolute Gasteiger partial charge is 0.392 e. The van der Waals surface area contributed by atoms with Crippen molar-refractivity contribution in [1.29, 1.82) is 0 Å². The summed E-state index contributed by atoms with van der Waals surface area (Å²) in [5.74, 6) is 0.829. The number of hydrogen-bond acceptors (Lipinski definition) is 4. The van der Waals surface area contributed by atoms with Crippen molar-refractivity contribution in [2.45, 2.75) is 42.7 Å². The van der Waals surface area contributed by atoms with Gasteiger partial charge in [0.25, 0.3) is 0 Å². The summed E-state index contributed by atoms with van der Waals surface area (Å²) in [6.07, 6.45) is 2.92. The molecule has 1 aromatic heterocycles. The minimum absolute atomic E-state index is 0.177. The minimum Gasteiger partial charge on any atom is -0.392 e. The van der Waals surface area contributed by atoms with Gasteiger partial charge in [-0.05, 0) is 26.2 Å². The summed E-state index contributed by atoms with van der Waals surface area (Å²) in [5, 5.41) is 17.4. The van der Waals surface area contributed by atoms with E-state index >= 15 is 0 Å². The number of aliphatic hydroxyl groups is 1. The Balaban J connectivity index is 1.97. The lowest BCUT2D eigenvalue weighted by Gasteiger charge is -2.10. The summed E-state index contributed by atoms with van der Waals surface area (Å²) in [5.41, 5.74) is 0. The van der Waals surface area contributed by atoms with Crippen LogP contribution in [0.15, 0.2) is 5.16 Å². The van der Waals surface area contributed by atoms with Crippen LogP contribution in [-0.2, 0) is 0 Å². The maximum Gasteiger partial charge on any atom is 0.208 e. The highest BCUT2D eigenvalue weighted by molar-refractivity contribution is 7.99. The zero-order chi connectivity index (χ0) is 9.26. The number of aryl methyl sites for hydroxylation is 1. The summed E-state index contributed by atoms with van der Waals surface area (Å²) in [6.45, 7) is 1.88. The topological polar surface area (TPSA) is 61.8 Å². The molecule has 1 fully saturated rings. The van der Waals surface area contributed by atoms with Crippen molar-refractivity contribution in [2.24, 2.45) is 0 Å². The molecule has 72 valence electrons. The first kappa shape index (κ1) is 9.02. The Bertz CT molecular complexity index is 289. The lowest BCUT2D eigenvalue weighted by atomic mass is 10.3. The van der Waals surface area contributed by atoms with Crippen LogP contribution in [0.25, 0.3) is 0 Å². The van der Waals surface area contributed by atoms with Gasteiger partial charge in [0, 0.05) is 5.25 Å². The molecular weight excluding hydrogens is 186 g/mol. The number of hydrogen-bond donors (Lipinski definition) is 2. The van der Waals surface area contributed by atoms with Gasteiger partial charge in [-0.15, -0.1) is 5.10 Å². The van der Waals surface area contributed by atoms with E-state index in [1.807, 2.05) is 6.92 Å². The van der Waals surface area contributed by atoms with Gasteiger partial charge < -0.3 is 5.11 Å². The molecule has 0 aromatic carbocycles. The highest BCUT2D eigenvalue weighted by Gasteiger charge is 2.27. The average molecular weight is 199 g/mol. The molecule has 0 radical (unpaired) electrons. The van der Waals surface area contributed by atoms with Crippen LogP contribution in [0, 0.1) is 6.92 Å². The van der Waals surface area contributed by atoms with Crippen LogP contribution in [0.1, 0.15) is 25.1 Å². The Labute approximate surface area is 81.1 Å². The maximum absolute atomic E-state index is 9.57. The summed E-state index contributed by atoms with van der Waals surface area (Å²) in [4.78, 5) is 4.19. The second-order valence-corrected chi connectivity index (χ2v) is 4.56. The molecular formula is C8H13N3OS. The van der Waals surface area contributed by atoms with Crippen molar-refractivity contribution in [1.82, 2.24) is 15.2 Å². The maximum atomic E-state index is 9.57. The molecule has 2 N–H and O–H groups in total. The quantitative estimate of drug-likeness (QED) is 0.749. The van der Waals surface area contributed by atoms with Gasteiger partial charge in [0.1, 0.15) is 5.82 Å². The van der Waals surface area contributed by atoms with E-state index in [1.54, 1.807) is 11.8 Å². The Morgan fingerprint density at radius 3 is 2.92 bits per heavy atom. The normalized spacial score (nSPS) is 28.2. The van der Waals surface area contributed by atoms with Crippen LogP contribution in [0.4, 0.5) is 0 Å². The molecule has 1 saturated carbocycles. The van der Waals surface area contributed by atoms with Gasteiger partial charge in [-0.1, -0.05) is 11.8 Å². The fourth-order valence-corrected chi connectivity index (χ4v) is 2.69. The van der Waals surface area contributed by atoms with Crippen molar-refractivity contribution in [3.8, 4) is 0 Å². The predicted octanol–water partition coefficient (Wildman–Crippen LogP) is 1.12. The van der Waals surface area contributed by atoms with Gasteiger partial charge in [-0.3, -0.25) is 5.10 Å². The van der Waals surface area contributed by atoms with Crippen molar-refractivity contribution < 1.29 is 5.11 Å². The minimum atomic E-state index is -0.177. The van der Waals surface area contributed by atoms with E-state index in [2.05, 4.69) is 15.2 Å². The Kier molecular flexibility index (Phi) is 2.55. The number of aromatic amines is 1. The highest BCUT2D eigenvalue weighted by Crippen LogP contribution is 2.33. The third kappa shape index (κ3) is 2.03. The smallest absolute Gasteiger partial charge is 0.208 e. The van der Waals surface area contributed by atoms with Gasteiger partial charge in [-0.25, -0.2) is 4.98 Å². The molecule has 1 aliphatic carbocycles. The van der Waals surface area contributed by atoms with Gasteiger partial charge in [0.2, 0.25) is 5.16 Å². The van der Waals surface area contributed by atoms with E-state index in [-0.39, 0.29) is 11.4 Å². The standard InChI is InChI=1S/C8H13N3OS/c1-5-9-8(11-10-5)13-7-4-2-3-6(7)12/h6-7,12H,2-4H2,1H3,(H,9,10,11)/t6-,7-/m0/s1. The number of nitrogens with zero attached hydrogens (tertiary/aromatic N) is 2. The lowest BCUT2D eigenvalue weighted by Crippen LogP contribution is -2.15. The van der Waals surface area contributed by atoms with Crippen LogP contribution in [0.3, 0.4) is 0 Å². The summed E-state index contributed by atoms with van der Waals surface area (Å²) < 4.78 is 0. The van der Waals surface area contributed by atoms with Crippen LogP contribution in [0.2, 0.25) is 0 Å². The zero-order valence-electron chi connectivity index (χ0n) is 7.53. The number of aliphatic hydroxyl groups excluding tert-OH is 1. The Morgan fingerprint density at radius 1 is 1.54 bits per heavy atom. The molecule has 0 aliphatic heterocycles. The molecule has 1 aliphatic rings. The molecule has 2 atom stereocenters. The van der Waals surface area contributed by atoms with Crippen molar-refractivity contribution in [3.63, 3.8) is 0 Å². The highest BCUT2D eigenvalue weighted by atomic mass is 32.2. The first-order valence-electron chi connectivity index (χ1n) is 4.49. The molecule has 0 amide bonds. The van der Waals surface area contributed by atoms with Crippen molar-refractivity contribution in [2.75, 3.05) is 0 Å². The monoisotopic (exact) mass is 199 g/mol. The van der Waals surface area contributed by atoms with Gasteiger partial charge in [-0.2, -0.15) is 0 Å². The van der Waals surface area contributed by atoms with Crippen molar-refractivity contribution >= 4 is 11.8 Å². The molecule has 13 heavy (non-hydrogen) atoms. The molecule has 0 saturated heterocycles. The molecule has 4 nitrogen and oxygen atoms in total. The fourth-order valence-electron chi connectivity index (χ4n) is 1.55. The van der Waals surface area contributed by atoms with E-state index < -0.39 is 0 Å². The van der Waals surface area contributed by atoms with Crippen LogP contribution < -0.4 is 0 Å². The van der Waals surface area contributed by atoms with E-state index in [0.717, 1.165) is 30.2 Å². The van der Waals surface area contributed by atoms with Gasteiger partial charge in [0.15, 0.2) is 0 Å². The molecule has 1 aromatic rings. The second kappa shape index (κ2) is 3.67. The first-order valence-corrected chi connectivity index (χ1v) is 5.37. The summed E-state index contributed by atoms with van der Waals surface area (Å²) >= 11 is 1.58. The average Bonchev–Trinajstić information content (AvgIpc) is 2.64. The van der Waals surface area contributed by atoms with E-state index in [4.69, 9.17) is 0 Å². The number of thioether (sulfide) groups is 1. The number of nitrogens with one attached hydrogen (secondary N) is 1. The van der Waals surface area contributed by atoms with E-state index in [1.165, 1.54) is 0 Å². The van der Waals surface area contributed by atoms with Crippen LogP contribution >= 0.6 is 11.8 Å². The molecule has 5 heteroatoms. The second-order valence-electron chi connectivity index (χ2n) is 3.36. The predicted molar refractivity (Wildman–Crippen MR) is 50.6 cm³/mol. The molecule has 2 rings (SSSR count). The third-order valence-corrected chi connectivity index (χ3v) is 3.50. The van der Waals surface area contributed by atoms with E-state index in [9.17, 15) is 5.11 Å². The zero-order valence-corrected chi connectivity index (χ0v) is 8.34. The Hall–Kier alpha value is -0.550. The summed E-state index contributed by atoms with van der Waals surface area (Å²) in [7, 11) is 0. The summed E-state index contributed by atoms with van der Waals surface area (Å²) in [6, 6.07) is 0. The Morgan fingerprint density at radius 2 is 2.38 bits per heavy atom. The lowest BCUT2D eigenvalue weighted by molar-refractivity contribution is 0.188. The number of H-pyrrole nitrogens is 1. The first-order chi connectivity index (χ1) is 6.25. The van der Waals surface area contributed by atoms with E-state index in [0.29, 0.717) is 0 Å². The van der Waals surface area contributed by atoms with Gasteiger partial charge in [0.05, 0.1) is 6.10 Å². The molecule has 1 heterocycles. The molecule has 0 bridgehead atoms. The SMILES string of the molecule is Cc1nc(S[C@H]2CCC[C@@H]2O)n[nH]1.